The Kier molecular flexibility index (Phi) is 3.24. The number of aliphatic hydroxyl groups is 1. The number of amides is 1. The van der Waals surface area contributed by atoms with E-state index in [-0.39, 0.29) is 5.91 Å². The van der Waals surface area contributed by atoms with Gasteiger partial charge in [0.25, 0.3) is 5.91 Å². The first-order valence-corrected chi connectivity index (χ1v) is 6.69. The van der Waals surface area contributed by atoms with E-state index in [4.69, 9.17) is 0 Å². The lowest BCUT2D eigenvalue weighted by Gasteiger charge is -2.32. The summed E-state index contributed by atoms with van der Waals surface area (Å²) in [5.41, 5.74) is 2.94. The van der Waals surface area contributed by atoms with Crippen LogP contribution in [0.3, 0.4) is 0 Å². The zero-order valence-corrected chi connectivity index (χ0v) is 11.3. The van der Waals surface area contributed by atoms with E-state index in [1.807, 2.05) is 31.2 Å². The van der Waals surface area contributed by atoms with Gasteiger partial charge in [-0.1, -0.05) is 18.2 Å². The molecule has 20 heavy (non-hydrogen) atoms. The first kappa shape index (κ1) is 12.8. The molecule has 102 valence electrons. The number of rotatable bonds is 1. The van der Waals surface area contributed by atoms with Gasteiger partial charge in [0, 0.05) is 29.7 Å². The fourth-order valence-electron chi connectivity index (χ4n) is 2.61. The Bertz CT molecular complexity index is 654. The van der Waals surface area contributed by atoms with Gasteiger partial charge in [0.2, 0.25) is 0 Å². The second-order valence-electron chi connectivity index (χ2n) is 4.96. The number of hydrogen-bond donors (Lipinski definition) is 1. The molecule has 1 aliphatic heterocycles. The molecule has 0 radical (unpaired) electrons. The van der Waals surface area contributed by atoms with Crippen molar-refractivity contribution in [3.05, 3.63) is 59.4 Å². The molecular formula is C16H16N2O2. The number of anilines is 1. The molecule has 0 aliphatic carbocycles. The summed E-state index contributed by atoms with van der Waals surface area (Å²) in [5, 5.41) is 10.0. The van der Waals surface area contributed by atoms with Crippen LogP contribution in [-0.2, 0) is 0 Å². The Balaban J connectivity index is 2.02. The summed E-state index contributed by atoms with van der Waals surface area (Å²) in [6.45, 7) is 2.35. The number of carbonyl (C=O) groups excluding carboxylic acids is 1. The second-order valence-corrected chi connectivity index (χ2v) is 4.96. The number of aromatic nitrogens is 1. The maximum absolute atomic E-state index is 12.7. The van der Waals surface area contributed by atoms with E-state index >= 15 is 0 Å². The smallest absolute Gasteiger partial charge is 0.260 e. The van der Waals surface area contributed by atoms with Crippen molar-refractivity contribution in [2.45, 2.75) is 19.4 Å². The molecule has 1 amide bonds. The van der Waals surface area contributed by atoms with Crippen molar-refractivity contribution in [1.82, 2.24) is 4.98 Å². The standard InChI is InChI=1S/C16H16N2O2/c1-11-12(6-4-9-17-11)16(20)18-10-8-15(19)13-5-2-3-7-14(13)18/h2-7,9,15,19H,8,10H2,1H3. The molecule has 4 nitrogen and oxygen atoms in total. The minimum absolute atomic E-state index is 0.0602. The lowest BCUT2D eigenvalue weighted by molar-refractivity contribution is 0.0969. The number of pyridine rings is 1. The Morgan fingerprint density at radius 3 is 2.90 bits per heavy atom. The minimum atomic E-state index is -0.495. The van der Waals surface area contributed by atoms with Gasteiger partial charge >= 0.3 is 0 Å². The molecule has 0 bridgehead atoms. The maximum Gasteiger partial charge on any atom is 0.260 e. The molecular weight excluding hydrogens is 252 g/mol. The molecule has 1 unspecified atom stereocenters. The van der Waals surface area contributed by atoms with Gasteiger partial charge in [-0.25, -0.2) is 0 Å². The number of nitrogens with zero attached hydrogens (tertiary/aromatic N) is 2. The van der Waals surface area contributed by atoms with Crippen molar-refractivity contribution in [2.24, 2.45) is 0 Å². The molecule has 1 atom stereocenters. The SMILES string of the molecule is Cc1ncccc1C(=O)N1CCC(O)c2ccccc21. The van der Waals surface area contributed by atoms with E-state index in [1.54, 1.807) is 23.2 Å². The van der Waals surface area contributed by atoms with Crippen LogP contribution in [0.5, 0.6) is 0 Å². The largest absolute Gasteiger partial charge is 0.388 e. The summed E-state index contributed by atoms with van der Waals surface area (Å²) in [6.07, 6.45) is 1.74. The van der Waals surface area contributed by atoms with Crippen molar-refractivity contribution < 1.29 is 9.90 Å². The molecule has 2 heterocycles. The maximum atomic E-state index is 12.7. The normalized spacial score (nSPS) is 17.7. The van der Waals surface area contributed by atoms with Crippen LogP contribution in [0.15, 0.2) is 42.6 Å². The van der Waals surface area contributed by atoms with Crippen molar-refractivity contribution in [1.29, 1.82) is 0 Å². The fourth-order valence-corrected chi connectivity index (χ4v) is 2.61. The van der Waals surface area contributed by atoms with E-state index in [2.05, 4.69) is 4.98 Å². The summed E-state index contributed by atoms with van der Waals surface area (Å²) < 4.78 is 0. The molecule has 0 spiro atoms. The van der Waals surface area contributed by atoms with E-state index < -0.39 is 6.10 Å². The van der Waals surface area contributed by atoms with Gasteiger partial charge in [0.1, 0.15) is 0 Å². The summed E-state index contributed by atoms with van der Waals surface area (Å²) >= 11 is 0. The van der Waals surface area contributed by atoms with Gasteiger partial charge in [-0.05, 0) is 31.5 Å². The number of hydrogen-bond acceptors (Lipinski definition) is 3. The third-order valence-corrected chi connectivity index (χ3v) is 3.70. The lowest BCUT2D eigenvalue weighted by atomic mass is 9.98. The highest BCUT2D eigenvalue weighted by atomic mass is 16.3. The van der Waals surface area contributed by atoms with Crippen LogP contribution < -0.4 is 4.90 Å². The predicted octanol–water partition coefficient (Wildman–Crippen LogP) is 2.47. The first-order valence-electron chi connectivity index (χ1n) is 6.69. The summed E-state index contributed by atoms with van der Waals surface area (Å²) in [7, 11) is 0. The molecule has 0 saturated carbocycles. The van der Waals surface area contributed by atoms with Gasteiger partial charge < -0.3 is 10.0 Å². The van der Waals surface area contributed by atoms with Gasteiger partial charge in [0.05, 0.1) is 11.7 Å². The van der Waals surface area contributed by atoms with E-state index in [1.165, 1.54) is 0 Å². The topological polar surface area (TPSA) is 53.4 Å². The summed E-state index contributed by atoms with van der Waals surface area (Å²) in [4.78, 5) is 18.6. The third-order valence-electron chi connectivity index (χ3n) is 3.70. The summed E-state index contributed by atoms with van der Waals surface area (Å²) in [5.74, 6) is -0.0602. The zero-order chi connectivity index (χ0) is 14.1. The Morgan fingerprint density at radius 2 is 2.10 bits per heavy atom. The molecule has 1 N–H and O–H groups in total. The molecule has 2 aromatic rings. The first-order chi connectivity index (χ1) is 9.68. The van der Waals surface area contributed by atoms with E-state index in [0.29, 0.717) is 18.5 Å². The number of benzene rings is 1. The van der Waals surface area contributed by atoms with Crippen LogP contribution in [-0.4, -0.2) is 22.5 Å². The number of aryl methyl sites for hydroxylation is 1. The lowest BCUT2D eigenvalue weighted by Crippen LogP contribution is -2.37. The summed E-state index contributed by atoms with van der Waals surface area (Å²) in [6, 6.07) is 11.1. The Hall–Kier alpha value is -2.20. The van der Waals surface area contributed by atoms with Gasteiger partial charge in [-0.2, -0.15) is 0 Å². The van der Waals surface area contributed by atoms with Crippen molar-refractivity contribution in [3.8, 4) is 0 Å². The highest BCUT2D eigenvalue weighted by Crippen LogP contribution is 2.34. The van der Waals surface area contributed by atoms with Gasteiger partial charge in [-0.3, -0.25) is 9.78 Å². The van der Waals surface area contributed by atoms with Crippen LogP contribution in [0.1, 0.15) is 34.1 Å². The number of aliphatic hydroxyl groups excluding tert-OH is 1. The molecule has 1 aromatic carbocycles. The predicted molar refractivity (Wildman–Crippen MR) is 76.7 cm³/mol. The molecule has 1 aliphatic rings. The van der Waals surface area contributed by atoms with Crippen molar-refractivity contribution in [3.63, 3.8) is 0 Å². The highest BCUT2D eigenvalue weighted by Gasteiger charge is 2.28. The number of para-hydroxylation sites is 1. The van der Waals surface area contributed by atoms with Crippen LogP contribution in [0.2, 0.25) is 0 Å². The van der Waals surface area contributed by atoms with Crippen LogP contribution in [0.25, 0.3) is 0 Å². The van der Waals surface area contributed by atoms with E-state index in [0.717, 1.165) is 16.9 Å². The molecule has 0 fully saturated rings. The van der Waals surface area contributed by atoms with Crippen LogP contribution in [0.4, 0.5) is 5.69 Å². The Labute approximate surface area is 117 Å². The monoisotopic (exact) mass is 268 g/mol. The molecule has 4 heteroatoms. The highest BCUT2D eigenvalue weighted by molar-refractivity contribution is 6.07. The third kappa shape index (κ3) is 2.08. The minimum Gasteiger partial charge on any atom is -0.388 e. The fraction of sp³-hybridized carbons (Fsp3) is 0.250. The molecule has 0 saturated heterocycles. The molecule has 3 rings (SSSR count). The van der Waals surface area contributed by atoms with Gasteiger partial charge in [-0.15, -0.1) is 0 Å². The van der Waals surface area contributed by atoms with Gasteiger partial charge in [0.15, 0.2) is 0 Å². The number of carbonyl (C=O) groups is 1. The number of fused-ring (bicyclic) bond motifs is 1. The second kappa shape index (κ2) is 5.06. The van der Waals surface area contributed by atoms with Crippen LogP contribution >= 0.6 is 0 Å². The van der Waals surface area contributed by atoms with Crippen molar-refractivity contribution >= 4 is 11.6 Å². The average Bonchev–Trinajstić information content (AvgIpc) is 2.48. The Morgan fingerprint density at radius 1 is 1.30 bits per heavy atom. The van der Waals surface area contributed by atoms with E-state index in [9.17, 15) is 9.90 Å². The average molecular weight is 268 g/mol. The molecule has 1 aromatic heterocycles. The van der Waals surface area contributed by atoms with Crippen molar-refractivity contribution in [2.75, 3.05) is 11.4 Å². The quantitative estimate of drug-likeness (QED) is 0.864. The van der Waals surface area contributed by atoms with Crippen LogP contribution in [0, 0.1) is 6.92 Å². The zero-order valence-electron chi connectivity index (χ0n) is 11.3.